The van der Waals surface area contributed by atoms with Gasteiger partial charge in [0.25, 0.3) is 0 Å². The average molecular weight is 341 g/mol. The van der Waals surface area contributed by atoms with Crippen LogP contribution < -0.4 is 4.74 Å². The molecule has 3 rings (SSSR count). The second-order valence-corrected chi connectivity index (χ2v) is 7.03. The Labute approximate surface area is 148 Å². The van der Waals surface area contributed by atoms with Crippen LogP contribution in [-0.4, -0.2) is 42.0 Å². The van der Waals surface area contributed by atoms with Crippen molar-refractivity contribution < 1.29 is 9.53 Å². The van der Waals surface area contributed by atoms with Gasteiger partial charge in [0.2, 0.25) is 5.91 Å². The molecule has 0 aromatic heterocycles. The van der Waals surface area contributed by atoms with Crippen LogP contribution in [0, 0.1) is 0 Å². The Morgan fingerprint density at radius 2 is 1.79 bits per heavy atom. The molecule has 3 nitrogen and oxygen atoms in total. The van der Waals surface area contributed by atoms with Crippen molar-refractivity contribution in [2.45, 2.75) is 12.8 Å². The number of hydrogen-bond donors (Lipinski definition) is 0. The monoisotopic (exact) mass is 341 g/mol. The van der Waals surface area contributed by atoms with E-state index in [2.05, 4.69) is 18.2 Å². The molecule has 1 aliphatic heterocycles. The Hall–Kier alpha value is -1.94. The van der Waals surface area contributed by atoms with Gasteiger partial charge in [-0.1, -0.05) is 48.5 Å². The lowest BCUT2D eigenvalue weighted by molar-refractivity contribution is -0.131. The zero-order valence-electron chi connectivity index (χ0n) is 13.8. The molecule has 1 saturated heterocycles. The molecule has 0 spiro atoms. The number of rotatable bonds is 5. The van der Waals surface area contributed by atoms with E-state index in [9.17, 15) is 4.79 Å². The van der Waals surface area contributed by atoms with E-state index in [0.29, 0.717) is 13.0 Å². The largest absolute Gasteiger partial charge is 0.492 e. The zero-order chi connectivity index (χ0) is 16.6. The van der Waals surface area contributed by atoms with Crippen LogP contribution in [0.3, 0.4) is 0 Å². The Balaban J connectivity index is 1.58. The highest BCUT2D eigenvalue weighted by molar-refractivity contribution is 7.99. The Morgan fingerprint density at radius 1 is 1.00 bits per heavy atom. The number of benzene rings is 2. The lowest BCUT2D eigenvalue weighted by Gasteiger charge is -2.20. The first-order valence-corrected chi connectivity index (χ1v) is 9.63. The number of para-hydroxylation sites is 1. The van der Waals surface area contributed by atoms with Gasteiger partial charge in [0.1, 0.15) is 5.75 Å². The van der Waals surface area contributed by atoms with Crippen LogP contribution in [-0.2, 0) is 4.79 Å². The summed E-state index contributed by atoms with van der Waals surface area (Å²) in [5.41, 5.74) is 2.20. The van der Waals surface area contributed by atoms with E-state index >= 15 is 0 Å². The summed E-state index contributed by atoms with van der Waals surface area (Å²) >= 11 is 1.93. The third-order valence-corrected chi connectivity index (χ3v) is 5.17. The molecule has 1 heterocycles. The van der Waals surface area contributed by atoms with Gasteiger partial charge in [-0.15, -0.1) is 0 Å². The number of carbonyl (C=O) groups is 1. The fourth-order valence-electron chi connectivity index (χ4n) is 2.85. The number of carbonyl (C=O) groups excluding carboxylic acids is 1. The van der Waals surface area contributed by atoms with Crippen LogP contribution >= 0.6 is 11.8 Å². The third kappa shape index (κ3) is 4.54. The van der Waals surface area contributed by atoms with Crippen molar-refractivity contribution >= 4 is 17.7 Å². The van der Waals surface area contributed by atoms with Crippen molar-refractivity contribution in [1.82, 2.24) is 4.90 Å². The Morgan fingerprint density at radius 3 is 2.67 bits per heavy atom. The van der Waals surface area contributed by atoms with E-state index in [0.717, 1.165) is 47.9 Å². The zero-order valence-corrected chi connectivity index (χ0v) is 14.6. The molecule has 0 aliphatic carbocycles. The van der Waals surface area contributed by atoms with E-state index in [4.69, 9.17) is 4.74 Å². The van der Waals surface area contributed by atoms with Gasteiger partial charge >= 0.3 is 0 Å². The molecule has 0 radical (unpaired) electrons. The summed E-state index contributed by atoms with van der Waals surface area (Å²) in [6, 6.07) is 18.2. The van der Waals surface area contributed by atoms with Gasteiger partial charge in [0.15, 0.2) is 0 Å². The van der Waals surface area contributed by atoms with Crippen LogP contribution in [0.4, 0.5) is 0 Å². The number of amides is 1. The van der Waals surface area contributed by atoms with Crippen LogP contribution in [0.2, 0.25) is 0 Å². The van der Waals surface area contributed by atoms with Gasteiger partial charge < -0.3 is 9.64 Å². The van der Waals surface area contributed by atoms with E-state index in [1.54, 1.807) is 0 Å². The number of hydrogen-bond acceptors (Lipinski definition) is 3. The maximum absolute atomic E-state index is 12.3. The number of thioether (sulfide) groups is 1. The molecule has 1 aliphatic rings. The van der Waals surface area contributed by atoms with Crippen LogP contribution in [0.1, 0.15) is 12.8 Å². The molecular formula is C20H23NO2S. The molecule has 0 saturated carbocycles. The molecule has 1 fully saturated rings. The summed E-state index contributed by atoms with van der Waals surface area (Å²) in [7, 11) is 0. The minimum absolute atomic E-state index is 0.203. The van der Waals surface area contributed by atoms with Gasteiger partial charge in [0, 0.05) is 24.4 Å². The Bertz CT molecular complexity index is 652. The lowest BCUT2D eigenvalue weighted by Crippen LogP contribution is -2.33. The predicted octanol–water partition coefficient (Wildman–Crippen LogP) is 4.09. The van der Waals surface area contributed by atoms with E-state index < -0.39 is 0 Å². The lowest BCUT2D eigenvalue weighted by atomic mass is 10.1. The second-order valence-electron chi connectivity index (χ2n) is 5.81. The summed E-state index contributed by atoms with van der Waals surface area (Å²) in [5.74, 6) is 3.24. The Kier molecular flexibility index (Phi) is 6.19. The van der Waals surface area contributed by atoms with Crippen molar-refractivity contribution in [2.24, 2.45) is 0 Å². The van der Waals surface area contributed by atoms with Crippen molar-refractivity contribution in [2.75, 3.05) is 31.2 Å². The summed E-state index contributed by atoms with van der Waals surface area (Å²) in [5, 5.41) is 0. The first kappa shape index (κ1) is 16.9. The standard InChI is InChI=1S/C20H23NO2S/c22-20(21-12-6-15-24-16-13-21)11-14-23-19-10-5-4-9-18(19)17-7-2-1-3-8-17/h1-5,7-10H,6,11-16H2. The maximum Gasteiger partial charge on any atom is 0.226 e. The van der Waals surface area contributed by atoms with E-state index in [1.807, 2.05) is 53.1 Å². The molecule has 0 bridgehead atoms. The molecule has 2 aromatic carbocycles. The summed E-state index contributed by atoms with van der Waals surface area (Å²) < 4.78 is 5.93. The van der Waals surface area contributed by atoms with Crippen molar-refractivity contribution in [3.05, 3.63) is 54.6 Å². The van der Waals surface area contributed by atoms with Crippen molar-refractivity contribution in [1.29, 1.82) is 0 Å². The van der Waals surface area contributed by atoms with Crippen LogP contribution in [0.5, 0.6) is 5.75 Å². The van der Waals surface area contributed by atoms with Crippen molar-refractivity contribution in [3.8, 4) is 16.9 Å². The molecule has 0 unspecified atom stereocenters. The highest BCUT2D eigenvalue weighted by Gasteiger charge is 2.15. The molecule has 0 atom stereocenters. The molecular weight excluding hydrogens is 318 g/mol. The van der Waals surface area contributed by atoms with Gasteiger partial charge in [0.05, 0.1) is 13.0 Å². The summed E-state index contributed by atoms with van der Waals surface area (Å²) in [4.78, 5) is 14.3. The topological polar surface area (TPSA) is 29.5 Å². The first-order valence-electron chi connectivity index (χ1n) is 8.47. The van der Waals surface area contributed by atoms with E-state index in [1.165, 1.54) is 0 Å². The van der Waals surface area contributed by atoms with Gasteiger partial charge in [-0.25, -0.2) is 0 Å². The number of ether oxygens (including phenoxy) is 1. The molecule has 24 heavy (non-hydrogen) atoms. The third-order valence-electron chi connectivity index (χ3n) is 4.12. The number of nitrogens with zero attached hydrogens (tertiary/aromatic N) is 1. The van der Waals surface area contributed by atoms with Gasteiger partial charge in [-0.3, -0.25) is 4.79 Å². The van der Waals surface area contributed by atoms with Crippen LogP contribution in [0.25, 0.3) is 11.1 Å². The second kappa shape index (κ2) is 8.78. The first-order chi connectivity index (χ1) is 11.8. The normalized spacial score (nSPS) is 14.9. The van der Waals surface area contributed by atoms with E-state index in [-0.39, 0.29) is 5.91 Å². The maximum atomic E-state index is 12.3. The summed E-state index contributed by atoms with van der Waals surface area (Å²) in [6.45, 7) is 2.17. The average Bonchev–Trinajstić information content (AvgIpc) is 2.92. The predicted molar refractivity (Wildman–Crippen MR) is 101 cm³/mol. The fourth-order valence-corrected chi connectivity index (χ4v) is 3.74. The minimum atomic E-state index is 0.203. The quantitative estimate of drug-likeness (QED) is 0.820. The minimum Gasteiger partial charge on any atom is -0.492 e. The molecule has 4 heteroatoms. The van der Waals surface area contributed by atoms with Gasteiger partial charge in [-0.05, 0) is 23.8 Å². The summed E-state index contributed by atoms with van der Waals surface area (Å²) in [6.07, 6.45) is 1.53. The van der Waals surface area contributed by atoms with Gasteiger partial charge in [-0.2, -0.15) is 11.8 Å². The molecule has 126 valence electrons. The molecule has 0 N–H and O–H groups in total. The molecule has 2 aromatic rings. The SMILES string of the molecule is O=C(CCOc1ccccc1-c1ccccc1)N1CCCSCC1. The van der Waals surface area contributed by atoms with Crippen LogP contribution in [0.15, 0.2) is 54.6 Å². The molecule has 1 amide bonds. The highest BCUT2D eigenvalue weighted by atomic mass is 32.2. The highest BCUT2D eigenvalue weighted by Crippen LogP contribution is 2.29. The fraction of sp³-hybridized carbons (Fsp3) is 0.350. The smallest absolute Gasteiger partial charge is 0.226 e. The van der Waals surface area contributed by atoms with Crippen molar-refractivity contribution in [3.63, 3.8) is 0 Å².